The molecule has 1 amide bonds. The molecule has 1 fully saturated rings. The zero-order chi connectivity index (χ0) is 17.6. The van der Waals surface area contributed by atoms with Gasteiger partial charge in [0.2, 0.25) is 5.88 Å². The van der Waals surface area contributed by atoms with Crippen LogP contribution in [0.25, 0.3) is 0 Å². The van der Waals surface area contributed by atoms with Gasteiger partial charge in [0.15, 0.2) is 0 Å². The highest BCUT2D eigenvalue weighted by Crippen LogP contribution is 2.35. The molecule has 0 atom stereocenters. The molecule has 134 valence electrons. The van der Waals surface area contributed by atoms with Crippen LogP contribution in [0.2, 0.25) is 0 Å². The summed E-state index contributed by atoms with van der Waals surface area (Å²) in [6, 6.07) is 3.57. The molecule has 0 aliphatic heterocycles. The lowest BCUT2D eigenvalue weighted by atomic mass is 9.79. The van der Waals surface area contributed by atoms with Gasteiger partial charge in [-0.3, -0.25) is 4.79 Å². The van der Waals surface area contributed by atoms with Gasteiger partial charge < -0.3 is 19.5 Å². The first-order chi connectivity index (χ1) is 11.5. The average Bonchev–Trinajstić information content (AvgIpc) is 2.58. The van der Waals surface area contributed by atoms with Crippen molar-refractivity contribution in [3.63, 3.8) is 0 Å². The molecule has 0 saturated heterocycles. The average molecular weight is 336 g/mol. The van der Waals surface area contributed by atoms with Crippen LogP contribution in [0.3, 0.4) is 0 Å². The summed E-state index contributed by atoms with van der Waals surface area (Å²) in [5.41, 5.74) is 0.676. The van der Waals surface area contributed by atoms with Crippen molar-refractivity contribution in [1.29, 1.82) is 0 Å². The molecule has 0 spiro atoms. The van der Waals surface area contributed by atoms with E-state index in [9.17, 15) is 4.79 Å². The third-order valence-corrected chi connectivity index (χ3v) is 4.73. The molecule has 2 rings (SSSR count). The van der Waals surface area contributed by atoms with Gasteiger partial charge in [0.25, 0.3) is 5.91 Å². The largest absolute Gasteiger partial charge is 0.475 e. The van der Waals surface area contributed by atoms with Crippen LogP contribution < -0.4 is 10.1 Å². The summed E-state index contributed by atoms with van der Waals surface area (Å²) in [6.45, 7) is 5.02. The molecule has 1 aromatic rings. The number of hydrogen-bond acceptors (Lipinski definition) is 5. The first kappa shape index (κ1) is 18.7. The number of hydrogen-bond donors (Lipinski definition) is 1. The Morgan fingerprint density at radius 3 is 2.58 bits per heavy atom. The van der Waals surface area contributed by atoms with Gasteiger partial charge in [0.1, 0.15) is 12.2 Å². The highest BCUT2D eigenvalue weighted by Gasteiger charge is 2.41. The fraction of sp³-hybridized carbons (Fsp3) is 0.667. The summed E-state index contributed by atoms with van der Waals surface area (Å²) in [5.74, 6) is 1.08. The van der Waals surface area contributed by atoms with Crippen LogP contribution in [0.15, 0.2) is 12.1 Å². The van der Waals surface area contributed by atoms with E-state index >= 15 is 0 Å². The van der Waals surface area contributed by atoms with Crippen molar-refractivity contribution in [1.82, 2.24) is 4.98 Å². The molecule has 1 saturated carbocycles. The Morgan fingerprint density at radius 1 is 1.29 bits per heavy atom. The van der Waals surface area contributed by atoms with E-state index in [2.05, 4.69) is 17.2 Å². The van der Waals surface area contributed by atoms with Gasteiger partial charge in [0, 0.05) is 20.3 Å². The van der Waals surface area contributed by atoms with Crippen molar-refractivity contribution >= 4 is 11.6 Å². The SMILES string of the molecule is COCCOc1ccc(NC(=O)C2(OC)CCC(C)CC2)c(C)n1. The molecule has 0 radical (unpaired) electrons. The maximum atomic E-state index is 12.8. The van der Waals surface area contributed by atoms with Crippen molar-refractivity contribution < 1.29 is 19.0 Å². The normalized spacial score (nSPS) is 23.8. The zero-order valence-electron chi connectivity index (χ0n) is 15.1. The fourth-order valence-corrected chi connectivity index (χ4v) is 2.97. The highest BCUT2D eigenvalue weighted by atomic mass is 16.5. The minimum absolute atomic E-state index is 0.0881. The maximum Gasteiger partial charge on any atom is 0.256 e. The van der Waals surface area contributed by atoms with E-state index in [0.717, 1.165) is 25.7 Å². The van der Waals surface area contributed by atoms with Crippen molar-refractivity contribution in [3.8, 4) is 5.88 Å². The summed E-state index contributed by atoms with van der Waals surface area (Å²) in [6.07, 6.45) is 3.51. The van der Waals surface area contributed by atoms with Gasteiger partial charge in [-0.05, 0) is 44.6 Å². The smallest absolute Gasteiger partial charge is 0.256 e. The summed E-state index contributed by atoms with van der Waals surface area (Å²) in [7, 11) is 3.24. The van der Waals surface area contributed by atoms with Gasteiger partial charge in [-0.1, -0.05) is 6.92 Å². The Kier molecular flexibility index (Phi) is 6.57. The van der Waals surface area contributed by atoms with E-state index in [1.807, 2.05) is 13.0 Å². The molecular formula is C18H28N2O4. The molecular weight excluding hydrogens is 308 g/mol. The van der Waals surface area contributed by atoms with Gasteiger partial charge in [-0.2, -0.15) is 0 Å². The molecule has 6 heteroatoms. The topological polar surface area (TPSA) is 69.7 Å². The number of nitrogens with zero attached hydrogens (tertiary/aromatic N) is 1. The molecule has 6 nitrogen and oxygen atoms in total. The molecule has 1 aliphatic rings. The number of amides is 1. The fourth-order valence-electron chi connectivity index (χ4n) is 2.97. The Labute approximate surface area is 143 Å². The van der Waals surface area contributed by atoms with Crippen LogP contribution in [-0.4, -0.2) is 43.9 Å². The van der Waals surface area contributed by atoms with Crippen LogP contribution in [0.5, 0.6) is 5.88 Å². The monoisotopic (exact) mass is 336 g/mol. The molecule has 1 aliphatic carbocycles. The molecule has 0 aromatic carbocycles. The summed E-state index contributed by atoms with van der Waals surface area (Å²) < 4.78 is 16.0. The minimum atomic E-state index is -0.730. The van der Waals surface area contributed by atoms with Crippen LogP contribution in [0.4, 0.5) is 5.69 Å². The van der Waals surface area contributed by atoms with Crippen molar-refractivity contribution in [3.05, 3.63) is 17.8 Å². The number of nitrogens with one attached hydrogen (secondary N) is 1. The van der Waals surface area contributed by atoms with Crippen molar-refractivity contribution in [2.24, 2.45) is 5.92 Å². The lowest BCUT2D eigenvalue weighted by molar-refractivity contribution is -0.142. The maximum absolute atomic E-state index is 12.8. The van der Waals surface area contributed by atoms with Gasteiger partial charge in [0.05, 0.1) is 18.0 Å². The van der Waals surface area contributed by atoms with E-state index < -0.39 is 5.60 Å². The van der Waals surface area contributed by atoms with Crippen molar-refractivity contribution in [2.45, 2.75) is 45.1 Å². The number of aromatic nitrogens is 1. The second kappa shape index (κ2) is 8.44. The standard InChI is InChI=1S/C18H28N2O4/c1-13-7-9-18(23-4,10-8-13)17(21)20-15-5-6-16(19-14(15)2)24-12-11-22-3/h5-6,13H,7-12H2,1-4H3,(H,20,21). The van der Waals surface area contributed by atoms with Gasteiger partial charge >= 0.3 is 0 Å². The van der Waals surface area contributed by atoms with Crippen LogP contribution in [0.1, 0.15) is 38.3 Å². The van der Waals surface area contributed by atoms with E-state index in [-0.39, 0.29) is 5.91 Å². The van der Waals surface area contributed by atoms with Crippen LogP contribution >= 0.6 is 0 Å². The highest BCUT2D eigenvalue weighted by molar-refractivity contribution is 5.97. The summed E-state index contributed by atoms with van der Waals surface area (Å²) in [5, 5.41) is 2.97. The van der Waals surface area contributed by atoms with Gasteiger partial charge in [-0.15, -0.1) is 0 Å². The quantitative estimate of drug-likeness (QED) is 0.775. The Hall–Kier alpha value is -1.66. The van der Waals surface area contributed by atoms with E-state index in [0.29, 0.717) is 36.4 Å². The number of carbonyl (C=O) groups excluding carboxylic acids is 1. The number of ether oxygens (including phenoxy) is 3. The third-order valence-electron chi connectivity index (χ3n) is 4.73. The minimum Gasteiger partial charge on any atom is -0.475 e. The second-order valence-corrected chi connectivity index (χ2v) is 6.46. The van der Waals surface area contributed by atoms with Crippen LogP contribution in [-0.2, 0) is 14.3 Å². The first-order valence-corrected chi connectivity index (χ1v) is 8.47. The van der Waals surface area contributed by atoms with E-state index in [1.165, 1.54) is 0 Å². The summed E-state index contributed by atoms with van der Waals surface area (Å²) >= 11 is 0. The Balaban J connectivity index is 2.02. The second-order valence-electron chi connectivity index (χ2n) is 6.46. The Morgan fingerprint density at radius 2 is 2.00 bits per heavy atom. The molecule has 0 bridgehead atoms. The lowest BCUT2D eigenvalue weighted by Crippen LogP contribution is -2.47. The zero-order valence-corrected chi connectivity index (χ0v) is 15.1. The van der Waals surface area contributed by atoms with Gasteiger partial charge in [-0.25, -0.2) is 4.98 Å². The number of anilines is 1. The summed E-state index contributed by atoms with van der Waals surface area (Å²) in [4.78, 5) is 17.1. The van der Waals surface area contributed by atoms with Crippen LogP contribution in [0, 0.1) is 12.8 Å². The molecule has 1 N–H and O–H groups in total. The van der Waals surface area contributed by atoms with E-state index in [1.54, 1.807) is 20.3 Å². The third kappa shape index (κ3) is 4.45. The number of carbonyl (C=O) groups is 1. The predicted octanol–water partition coefficient (Wildman–Crippen LogP) is 2.95. The number of pyridine rings is 1. The number of methoxy groups -OCH3 is 2. The molecule has 1 aromatic heterocycles. The number of rotatable bonds is 7. The Bertz CT molecular complexity index is 554. The number of aryl methyl sites for hydroxylation is 1. The predicted molar refractivity (Wildman–Crippen MR) is 92.3 cm³/mol. The van der Waals surface area contributed by atoms with E-state index in [4.69, 9.17) is 14.2 Å². The molecule has 0 unspecified atom stereocenters. The van der Waals surface area contributed by atoms with Crippen molar-refractivity contribution in [2.75, 3.05) is 32.8 Å². The molecule has 1 heterocycles. The lowest BCUT2D eigenvalue weighted by Gasteiger charge is -2.36. The first-order valence-electron chi connectivity index (χ1n) is 8.47. The molecule has 24 heavy (non-hydrogen) atoms.